The summed E-state index contributed by atoms with van der Waals surface area (Å²) in [6, 6.07) is 15.6. The number of amides is 2. The maximum absolute atomic E-state index is 12.8. The molecule has 1 N–H and O–H groups in total. The molecule has 34 heavy (non-hydrogen) atoms. The quantitative estimate of drug-likeness (QED) is 0.585. The van der Waals surface area contributed by atoms with Crippen LogP contribution in [0.15, 0.2) is 54.1 Å². The summed E-state index contributed by atoms with van der Waals surface area (Å²) in [5, 5.41) is 2.49. The zero-order valence-electron chi connectivity index (χ0n) is 20.9. The van der Waals surface area contributed by atoms with Crippen molar-refractivity contribution in [3.63, 3.8) is 0 Å². The van der Waals surface area contributed by atoms with Gasteiger partial charge in [0.05, 0.1) is 0 Å². The minimum absolute atomic E-state index is 0.0552. The van der Waals surface area contributed by atoms with E-state index in [-0.39, 0.29) is 5.91 Å². The Labute approximate surface area is 203 Å². The summed E-state index contributed by atoms with van der Waals surface area (Å²) < 4.78 is 5.40. The first-order valence-electron chi connectivity index (χ1n) is 12.3. The summed E-state index contributed by atoms with van der Waals surface area (Å²) in [5.41, 5.74) is 5.36. The van der Waals surface area contributed by atoms with Crippen molar-refractivity contribution < 1.29 is 14.3 Å². The number of rotatable bonds is 8. The number of hydrogen-bond acceptors (Lipinski definition) is 4. The summed E-state index contributed by atoms with van der Waals surface area (Å²) in [5.74, 6) is 0.561. The van der Waals surface area contributed by atoms with Crippen molar-refractivity contribution >= 4 is 17.6 Å². The van der Waals surface area contributed by atoms with Gasteiger partial charge < -0.3 is 19.9 Å². The molecule has 0 bridgehead atoms. The van der Waals surface area contributed by atoms with Crippen molar-refractivity contribution in [3.05, 3.63) is 70.8 Å². The average molecular weight is 464 g/mol. The lowest BCUT2D eigenvalue weighted by atomic mass is 9.88. The monoisotopic (exact) mass is 463 g/mol. The first-order valence-corrected chi connectivity index (χ1v) is 12.3. The van der Waals surface area contributed by atoms with Crippen molar-refractivity contribution in [2.75, 3.05) is 39.8 Å². The minimum Gasteiger partial charge on any atom is -0.410 e. The second-order valence-electron chi connectivity index (χ2n) is 8.54. The van der Waals surface area contributed by atoms with Crippen LogP contribution in [0.3, 0.4) is 0 Å². The average Bonchev–Trinajstić information content (AvgIpc) is 2.86. The predicted molar refractivity (Wildman–Crippen MR) is 137 cm³/mol. The largest absolute Gasteiger partial charge is 0.412 e. The number of nitrogens with zero attached hydrogens (tertiary/aromatic N) is 2. The van der Waals surface area contributed by atoms with Crippen LogP contribution in [0.2, 0.25) is 0 Å². The van der Waals surface area contributed by atoms with Crippen molar-refractivity contribution in [1.29, 1.82) is 0 Å². The van der Waals surface area contributed by atoms with Crippen molar-refractivity contribution in [1.82, 2.24) is 15.1 Å². The Bertz CT molecular complexity index is 1000. The van der Waals surface area contributed by atoms with Gasteiger partial charge in [0, 0.05) is 38.8 Å². The number of hydrogen-bond donors (Lipinski definition) is 1. The lowest BCUT2D eigenvalue weighted by molar-refractivity contribution is 0.0773. The third-order valence-electron chi connectivity index (χ3n) is 6.36. The van der Waals surface area contributed by atoms with Crippen LogP contribution in [-0.2, 0) is 0 Å². The van der Waals surface area contributed by atoms with E-state index in [0.29, 0.717) is 24.4 Å². The molecule has 0 aliphatic carbocycles. The number of likely N-dealkylation sites (tertiary alicyclic amines) is 1. The molecule has 0 atom stereocenters. The first-order chi connectivity index (χ1) is 16.5. The molecule has 182 valence electrons. The molecule has 2 amide bonds. The first kappa shape index (κ1) is 25.5. The molecule has 0 saturated carbocycles. The number of carbonyl (C=O) groups is 2. The molecule has 3 rings (SSSR count). The molecular formula is C28H37N3O3. The molecule has 1 aliphatic rings. The summed E-state index contributed by atoms with van der Waals surface area (Å²) >= 11 is 0. The maximum Gasteiger partial charge on any atom is 0.412 e. The molecule has 1 heterocycles. The highest BCUT2D eigenvalue weighted by molar-refractivity contribution is 5.95. The second-order valence-corrected chi connectivity index (χ2v) is 8.54. The van der Waals surface area contributed by atoms with Gasteiger partial charge in [0.25, 0.3) is 5.91 Å². The number of carbonyl (C=O) groups excluding carboxylic acids is 2. The van der Waals surface area contributed by atoms with Crippen molar-refractivity contribution in [2.24, 2.45) is 0 Å². The lowest BCUT2D eigenvalue weighted by Gasteiger charge is -2.30. The molecule has 0 spiro atoms. The smallest absolute Gasteiger partial charge is 0.410 e. The van der Waals surface area contributed by atoms with Crippen LogP contribution in [0.25, 0.3) is 5.57 Å². The predicted octanol–water partition coefficient (Wildman–Crippen LogP) is 5.19. The van der Waals surface area contributed by atoms with E-state index in [9.17, 15) is 9.59 Å². The Balaban J connectivity index is 1.98. The van der Waals surface area contributed by atoms with Gasteiger partial charge in [0.15, 0.2) is 0 Å². The molecule has 1 fully saturated rings. The van der Waals surface area contributed by atoms with E-state index in [2.05, 4.69) is 23.2 Å². The minimum atomic E-state index is -0.488. The number of ether oxygens (including phenoxy) is 1. The van der Waals surface area contributed by atoms with Crippen molar-refractivity contribution in [2.45, 2.75) is 40.0 Å². The topological polar surface area (TPSA) is 61.9 Å². The molecule has 0 radical (unpaired) electrons. The Kier molecular flexibility index (Phi) is 9.28. The van der Waals surface area contributed by atoms with E-state index < -0.39 is 6.09 Å². The van der Waals surface area contributed by atoms with Gasteiger partial charge in [-0.3, -0.25) is 4.79 Å². The van der Waals surface area contributed by atoms with E-state index in [1.807, 2.05) is 55.1 Å². The Hall–Kier alpha value is -3.12. The Morgan fingerprint density at radius 1 is 0.941 bits per heavy atom. The van der Waals surface area contributed by atoms with Gasteiger partial charge in [-0.2, -0.15) is 0 Å². The van der Waals surface area contributed by atoms with Gasteiger partial charge in [0.1, 0.15) is 5.75 Å². The van der Waals surface area contributed by atoms with E-state index in [4.69, 9.17) is 4.74 Å². The van der Waals surface area contributed by atoms with Crippen LogP contribution in [-0.4, -0.2) is 61.6 Å². The van der Waals surface area contributed by atoms with Gasteiger partial charge in [-0.15, -0.1) is 0 Å². The van der Waals surface area contributed by atoms with Crippen LogP contribution in [0.5, 0.6) is 5.75 Å². The van der Waals surface area contributed by atoms with Gasteiger partial charge in [-0.25, -0.2) is 4.79 Å². The molecule has 2 aromatic rings. The van der Waals surface area contributed by atoms with E-state index in [0.717, 1.165) is 50.0 Å². The van der Waals surface area contributed by atoms with Crippen LogP contribution < -0.4 is 10.1 Å². The summed E-state index contributed by atoms with van der Waals surface area (Å²) in [4.78, 5) is 28.9. The Morgan fingerprint density at radius 2 is 1.59 bits per heavy atom. The van der Waals surface area contributed by atoms with Crippen LogP contribution in [0, 0.1) is 0 Å². The van der Waals surface area contributed by atoms with Gasteiger partial charge in [-0.05, 0) is 80.6 Å². The molecule has 0 unspecified atom stereocenters. The van der Waals surface area contributed by atoms with Crippen molar-refractivity contribution in [3.8, 4) is 5.75 Å². The summed E-state index contributed by atoms with van der Waals surface area (Å²) in [7, 11) is 1.55. The third kappa shape index (κ3) is 6.26. The normalized spacial score (nSPS) is 13.9. The van der Waals surface area contributed by atoms with Crippen LogP contribution in [0.4, 0.5) is 4.79 Å². The summed E-state index contributed by atoms with van der Waals surface area (Å²) in [6.07, 6.45) is 2.66. The zero-order chi connectivity index (χ0) is 24.5. The Morgan fingerprint density at radius 3 is 2.18 bits per heavy atom. The van der Waals surface area contributed by atoms with E-state index in [1.54, 1.807) is 13.1 Å². The molecule has 6 nitrogen and oxygen atoms in total. The number of nitrogens with one attached hydrogen (secondary N) is 1. The highest BCUT2D eigenvalue weighted by Gasteiger charge is 2.20. The molecule has 6 heteroatoms. The second kappa shape index (κ2) is 12.4. The zero-order valence-corrected chi connectivity index (χ0v) is 20.9. The molecule has 1 aliphatic heterocycles. The van der Waals surface area contributed by atoms with E-state index >= 15 is 0 Å². The fourth-order valence-electron chi connectivity index (χ4n) is 4.53. The molecule has 2 aromatic carbocycles. The van der Waals surface area contributed by atoms with Gasteiger partial charge in [0.2, 0.25) is 0 Å². The van der Waals surface area contributed by atoms with Crippen LogP contribution >= 0.6 is 0 Å². The highest BCUT2D eigenvalue weighted by atomic mass is 16.5. The van der Waals surface area contributed by atoms with Crippen LogP contribution in [0.1, 0.15) is 61.5 Å². The molecular weight excluding hydrogens is 426 g/mol. The SMILES string of the molecule is CCCN1CCC(=C(c2ccc(C(=O)N(CC)CC)cc2)c2cccc(OC(=O)NC)c2)CC1. The standard InChI is InChI=1S/C28H37N3O3/c1-5-17-30-18-15-22(16-19-30)26(24-9-8-10-25(20-24)34-28(33)29-4)21-11-13-23(14-12-21)27(32)31(6-2)7-3/h8-14,20H,5-7,15-19H2,1-4H3,(H,29,33). The third-order valence-corrected chi connectivity index (χ3v) is 6.36. The summed E-state index contributed by atoms with van der Waals surface area (Å²) in [6.45, 7) is 10.8. The lowest BCUT2D eigenvalue weighted by Crippen LogP contribution is -2.31. The van der Waals surface area contributed by atoms with E-state index in [1.165, 1.54) is 11.1 Å². The fourth-order valence-corrected chi connectivity index (χ4v) is 4.53. The molecule has 0 aromatic heterocycles. The maximum atomic E-state index is 12.8. The number of benzene rings is 2. The number of piperidine rings is 1. The van der Waals surface area contributed by atoms with Gasteiger partial charge in [-0.1, -0.05) is 36.8 Å². The molecule has 1 saturated heterocycles. The fraction of sp³-hybridized carbons (Fsp3) is 0.429. The van der Waals surface area contributed by atoms with Gasteiger partial charge >= 0.3 is 6.09 Å². The highest BCUT2D eigenvalue weighted by Crippen LogP contribution is 2.34.